The number of methoxy groups -OCH3 is 1. The van der Waals surface area contributed by atoms with E-state index in [4.69, 9.17) is 19.9 Å². The zero-order valence-corrected chi connectivity index (χ0v) is 19.5. The largest absolute Gasteiger partial charge is 0.463 e. The van der Waals surface area contributed by atoms with Gasteiger partial charge in [-0.1, -0.05) is 45.6 Å². The Hall–Kier alpha value is -2.35. The van der Waals surface area contributed by atoms with Gasteiger partial charge >= 0.3 is 11.9 Å². The molecule has 0 aromatic heterocycles. The van der Waals surface area contributed by atoms with E-state index in [1.54, 1.807) is 25.3 Å². The van der Waals surface area contributed by atoms with Gasteiger partial charge in [0.1, 0.15) is 18.8 Å². The minimum absolute atomic E-state index is 0.000442. The fourth-order valence-corrected chi connectivity index (χ4v) is 2.62. The van der Waals surface area contributed by atoms with Crippen LogP contribution in [0.2, 0.25) is 0 Å². The maximum atomic E-state index is 12.2. The molecule has 3 N–H and O–H groups in total. The van der Waals surface area contributed by atoms with Crippen molar-refractivity contribution in [3.8, 4) is 0 Å². The van der Waals surface area contributed by atoms with E-state index >= 15 is 0 Å². The fraction of sp³-hybridized carbons (Fsp3) is 0.696. The van der Waals surface area contributed by atoms with Crippen molar-refractivity contribution in [2.24, 2.45) is 5.73 Å². The molecule has 8 heteroatoms. The fourth-order valence-electron chi connectivity index (χ4n) is 2.62. The van der Waals surface area contributed by atoms with Crippen LogP contribution in [-0.4, -0.2) is 50.3 Å². The van der Waals surface area contributed by atoms with Crippen molar-refractivity contribution < 1.29 is 28.6 Å². The van der Waals surface area contributed by atoms with Gasteiger partial charge in [0.25, 0.3) is 0 Å². The van der Waals surface area contributed by atoms with Crippen molar-refractivity contribution in [2.75, 3.05) is 20.3 Å². The molecule has 31 heavy (non-hydrogen) atoms. The van der Waals surface area contributed by atoms with Crippen molar-refractivity contribution in [2.45, 2.75) is 84.3 Å². The van der Waals surface area contributed by atoms with Gasteiger partial charge in [0, 0.05) is 25.5 Å². The summed E-state index contributed by atoms with van der Waals surface area (Å²) < 4.78 is 16.4. The van der Waals surface area contributed by atoms with Gasteiger partial charge in [-0.3, -0.25) is 14.4 Å². The Labute approximate surface area is 186 Å². The van der Waals surface area contributed by atoms with Crippen LogP contribution >= 0.6 is 0 Å². The van der Waals surface area contributed by atoms with E-state index in [1.165, 1.54) is 7.11 Å². The smallest absolute Gasteiger partial charge is 0.306 e. The zero-order chi connectivity index (χ0) is 23.5. The van der Waals surface area contributed by atoms with Crippen molar-refractivity contribution in [3.05, 3.63) is 23.9 Å². The minimum atomic E-state index is -0.645. The van der Waals surface area contributed by atoms with Gasteiger partial charge in [-0.25, -0.2) is 0 Å². The first kappa shape index (κ1) is 28.6. The van der Waals surface area contributed by atoms with Gasteiger partial charge in [-0.2, -0.15) is 0 Å². The number of rotatable bonds is 18. The van der Waals surface area contributed by atoms with E-state index in [0.717, 1.165) is 38.5 Å². The summed E-state index contributed by atoms with van der Waals surface area (Å²) >= 11 is 0. The predicted molar refractivity (Wildman–Crippen MR) is 120 cm³/mol. The topological polar surface area (TPSA) is 117 Å². The predicted octanol–water partition coefficient (Wildman–Crippen LogP) is 3.15. The van der Waals surface area contributed by atoms with Crippen LogP contribution in [-0.2, 0) is 28.6 Å². The highest BCUT2D eigenvalue weighted by atomic mass is 16.6. The number of allylic oxidation sites excluding steroid dienone is 2. The van der Waals surface area contributed by atoms with Crippen LogP contribution in [0.1, 0.15) is 72.1 Å². The van der Waals surface area contributed by atoms with Gasteiger partial charge in [0.15, 0.2) is 0 Å². The Morgan fingerprint density at radius 1 is 0.968 bits per heavy atom. The third-order valence-corrected chi connectivity index (χ3v) is 4.65. The van der Waals surface area contributed by atoms with Crippen molar-refractivity contribution in [1.82, 2.24) is 5.32 Å². The first-order chi connectivity index (χ1) is 14.8. The molecule has 0 aliphatic carbocycles. The van der Waals surface area contributed by atoms with Crippen LogP contribution in [0.15, 0.2) is 23.9 Å². The minimum Gasteiger partial charge on any atom is -0.463 e. The van der Waals surface area contributed by atoms with E-state index in [1.807, 2.05) is 0 Å². The molecule has 0 aromatic rings. The molecule has 178 valence electrons. The molecule has 0 radical (unpaired) electrons. The number of hydrogen-bond donors (Lipinski definition) is 2. The van der Waals surface area contributed by atoms with E-state index in [9.17, 15) is 14.4 Å². The molecule has 0 spiro atoms. The number of carbonyl (C=O) groups excluding carboxylic acids is 3. The summed E-state index contributed by atoms with van der Waals surface area (Å²) in [6.45, 7) is 6.00. The molecule has 0 aliphatic heterocycles. The maximum absolute atomic E-state index is 12.2. The quantitative estimate of drug-likeness (QED) is 0.145. The molecule has 0 heterocycles. The summed E-state index contributed by atoms with van der Waals surface area (Å²) in [5.74, 6) is -1.10. The zero-order valence-electron chi connectivity index (χ0n) is 19.5. The van der Waals surface area contributed by atoms with E-state index < -0.39 is 18.1 Å². The number of nitrogens with two attached hydrogens (primary N) is 1. The normalized spacial score (nSPS) is 13.6. The van der Waals surface area contributed by atoms with Crippen LogP contribution in [0.25, 0.3) is 0 Å². The number of ether oxygens (including phenoxy) is 3. The molecule has 0 saturated carbocycles. The van der Waals surface area contributed by atoms with Crippen molar-refractivity contribution >= 4 is 17.8 Å². The Bertz CT molecular complexity index is 589. The third-order valence-electron chi connectivity index (χ3n) is 4.65. The summed E-state index contributed by atoms with van der Waals surface area (Å²) in [6.07, 6.45) is 9.78. The Morgan fingerprint density at radius 3 is 2.13 bits per heavy atom. The lowest BCUT2D eigenvalue weighted by Gasteiger charge is -2.26. The first-order valence-corrected chi connectivity index (χ1v) is 11.1. The summed E-state index contributed by atoms with van der Waals surface area (Å²) in [4.78, 5) is 35.2. The molecule has 2 atom stereocenters. The number of carbonyl (C=O) groups is 3. The average molecular weight is 441 g/mol. The maximum Gasteiger partial charge on any atom is 0.306 e. The lowest BCUT2D eigenvalue weighted by molar-refractivity contribution is -0.162. The van der Waals surface area contributed by atoms with Crippen LogP contribution in [0.5, 0.6) is 0 Å². The lowest BCUT2D eigenvalue weighted by atomic mass is 10.2. The Kier molecular flexibility index (Phi) is 17.0. The Balaban J connectivity index is 4.88. The van der Waals surface area contributed by atoms with E-state index in [0.29, 0.717) is 18.4 Å². The van der Waals surface area contributed by atoms with Crippen LogP contribution in [0.4, 0.5) is 0 Å². The van der Waals surface area contributed by atoms with Crippen molar-refractivity contribution in [3.63, 3.8) is 0 Å². The van der Waals surface area contributed by atoms with E-state index in [2.05, 4.69) is 19.2 Å². The standard InChI is InChI=1S/C23H40N2O6/c1-5-7-9-13-21(26)30-17-20(29-4)19(31-22(27)14-10-8-6-2)16-25-15-11-12-18(3)23(24)28/h11-12,15,19-20,25H,5-10,13-14,16-17H2,1-4H3,(H2,24,28)/b15-11-,18-12+/t19-,20+/m0/s1. The van der Waals surface area contributed by atoms with Gasteiger partial charge in [0.05, 0.1) is 6.54 Å². The third kappa shape index (κ3) is 15.2. The van der Waals surface area contributed by atoms with E-state index in [-0.39, 0.29) is 25.1 Å². The molecule has 0 bridgehead atoms. The molecule has 0 aromatic carbocycles. The highest BCUT2D eigenvalue weighted by Crippen LogP contribution is 2.10. The second-order valence-corrected chi connectivity index (χ2v) is 7.38. The molecule has 0 rings (SSSR count). The van der Waals surface area contributed by atoms with Crippen molar-refractivity contribution in [1.29, 1.82) is 0 Å². The number of hydrogen-bond acceptors (Lipinski definition) is 7. The molecular weight excluding hydrogens is 400 g/mol. The number of unbranched alkanes of at least 4 members (excludes halogenated alkanes) is 4. The summed E-state index contributed by atoms with van der Waals surface area (Å²) in [6, 6.07) is 0. The molecule has 1 amide bonds. The summed E-state index contributed by atoms with van der Waals surface area (Å²) in [7, 11) is 1.49. The number of amides is 1. The molecule has 0 unspecified atom stereocenters. The second-order valence-electron chi connectivity index (χ2n) is 7.38. The molecule has 8 nitrogen and oxygen atoms in total. The monoisotopic (exact) mass is 440 g/mol. The SMILES string of the molecule is CCCCCC(=O)OC[C@@H](OC)[C@H](CN/C=C\C=C(/C)C(N)=O)OC(=O)CCCCC. The van der Waals surface area contributed by atoms with Crippen LogP contribution < -0.4 is 11.1 Å². The first-order valence-electron chi connectivity index (χ1n) is 11.1. The van der Waals surface area contributed by atoms with Crippen LogP contribution in [0, 0.1) is 0 Å². The van der Waals surface area contributed by atoms with Gasteiger partial charge in [0.2, 0.25) is 5.91 Å². The molecule has 0 saturated heterocycles. The number of nitrogens with one attached hydrogen (secondary N) is 1. The molecular formula is C23H40N2O6. The highest BCUT2D eigenvalue weighted by molar-refractivity contribution is 5.91. The van der Waals surface area contributed by atoms with Crippen LogP contribution in [0.3, 0.4) is 0 Å². The summed E-state index contributed by atoms with van der Waals surface area (Å²) in [5, 5.41) is 3.02. The number of primary amides is 1. The Morgan fingerprint density at radius 2 is 1.58 bits per heavy atom. The molecule has 0 aliphatic rings. The summed E-state index contributed by atoms with van der Waals surface area (Å²) in [5.41, 5.74) is 5.60. The lowest BCUT2D eigenvalue weighted by Crippen LogP contribution is -2.42. The molecule has 0 fully saturated rings. The highest BCUT2D eigenvalue weighted by Gasteiger charge is 2.26. The number of esters is 2. The second kappa shape index (κ2) is 18.4. The van der Waals surface area contributed by atoms with Gasteiger partial charge in [-0.05, 0) is 32.0 Å². The van der Waals surface area contributed by atoms with Gasteiger partial charge < -0.3 is 25.3 Å². The van der Waals surface area contributed by atoms with Gasteiger partial charge in [-0.15, -0.1) is 0 Å². The average Bonchev–Trinajstić information content (AvgIpc) is 2.73.